The van der Waals surface area contributed by atoms with E-state index in [4.69, 9.17) is 4.74 Å². The van der Waals surface area contributed by atoms with Gasteiger partial charge in [0.2, 0.25) is 5.91 Å². The van der Waals surface area contributed by atoms with Crippen LogP contribution < -0.4 is 0 Å². The molecule has 1 fully saturated rings. The fourth-order valence-corrected chi connectivity index (χ4v) is 3.09. The van der Waals surface area contributed by atoms with Gasteiger partial charge in [-0.15, -0.1) is 0 Å². The molecule has 2 amide bonds. The van der Waals surface area contributed by atoms with E-state index in [1.165, 1.54) is 13.0 Å². The van der Waals surface area contributed by atoms with Gasteiger partial charge in [0.15, 0.2) is 0 Å². The molecule has 1 aliphatic rings. The Morgan fingerprint density at radius 2 is 1.78 bits per heavy atom. The predicted molar refractivity (Wildman–Crippen MR) is 102 cm³/mol. The normalized spacial score (nSPS) is 16.7. The van der Waals surface area contributed by atoms with E-state index in [0.29, 0.717) is 38.3 Å². The standard InChI is InChI=1S/C20H30FN3O3/c1-15(25)22(5)14-18(16-8-6-7-9-17(16)21)23-10-12-24(13-11-23)19(26)27-20(2,3)4/h6-9,18H,10-14H2,1-5H3. The van der Waals surface area contributed by atoms with Crippen molar-refractivity contribution in [1.29, 1.82) is 0 Å². The Labute approximate surface area is 160 Å². The van der Waals surface area contributed by atoms with Gasteiger partial charge in [-0.1, -0.05) is 18.2 Å². The van der Waals surface area contributed by atoms with Crippen LogP contribution in [0.25, 0.3) is 0 Å². The molecule has 1 aliphatic heterocycles. The van der Waals surface area contributed by atoms with Crippen molar-refractivity contribution < 1.29 is 18.7 Å². The van der Waals surface area contributed by atoms with Crippen molar-refractivity contribution in [2.45, 2.75) is 39.3 Å². The molecule has 0 bridgehead atoms. The van der Waals surface area contributed by atoms with Gasteiger partial charge in [-0.05, 0) is 26.8 Å². The van der Waals surface area contributed by atoms with Gasteiger partial charge in [0.05, 0.1) is 6.04 Å². The van der Waals surface area contributed by atoms with E-state index in [1.54, 1.807) is 35.0 Å². The van der Waals surface area contributed by atoms with Crippen LogP contribution in [0.5, 0.6) is 0 Å². The summed E-state index contributed by atoms with van der Waals surface area (Å²) in [5.74, 6) is -0.349. The van der Waals surface area contributed by atoms with Crippen LogP contribution in [0, 0.1) is 5.82 Å². The Morgan fingerprint density at radius 3 is 2.30 bits per heavy atom. The molecule has 1 saturated heterocycles. The minimum Gasteiger partial charge on any atom is -0.444 e. The Hall–Kier alpha value is -2.15. The molecular weight excluding hydrogens is 349 g/mol. The van der Waals surface area contributed by atoms with Gasteiger partial charge in [0.25, 0.3) is 0 Å². The number of piperazine rings is 1. The van der Waals surface area contributed by atoms with Gasteiger partial charge in [0, 0.05) is 52.3 Å². The topological polar surface area (TPSA) is 53.1 Å². The highest BCUT2D eigenvalue weighted by atomic mass is 19.1. The van der Waals surface area contributed by atoms with Gasteiger partial charge in [0.1, 0.15) is 11.4 Å². The molecule has 1 unspecified atom stereocenters. The molecule has 150 valence electrons. The Morgan fingerprint density at radius 1 is 1.19 bits per heavy atom. The van der Waals surface area contributed by atoms with Crippen LogP contribution in [0.15, 0.2) is 24.3 Å². The maximum Gasteiger partial charge on any atom is 0.410 e. The lowest BCUT2D eigenvalue weighted by Gasteiger charge is -2.40. The summed E-state index contributed by atoms with van der Waals surface area (Å²) in [5, 5.41) is 0. The number of carbonyl (C=O) groups is 2. The minimum absolute atomic E-state index is 0.0660. The number of halogens is 1. The first-order valence-corrected chi connectivity index (χ1v) is 9.26. The van der Waals surface area contributed by atoms with Crippen LogP contribution in [0.4, 0.5) is 9.18 Å². The molecule has 0 N–H and O–H groups in total. The molecule has 1 aromatic rings. The smallest absolute Gasteiger partial charge is 0.410 e. The molecule has 1 aromatic carbocycles. The molecule has 0 saturated carbocycles. The minimum atomic E-state index is -0.534. The monoisotopic (exact) mass is 379 g/mol. The number of hydrogen-bond acceptors (Lipinski definition) is 4. The predicted octanol–water partition coefficient (Wildman–Crippen LogP) is 2.90. The van der Waals surface area contributed by atoms with E-state index in [1.807, 2.05) is 20.8 Å². The summed E-state index contributed by atoms with van der Waals surface area (Å²) in [6.45, 7) is 9.59. The van der Waals surface area contributed by atoms with E-state index in [-0.39, 0.29) is 23.9 Å². The van der Waals surface area contributed by atoms with Crippen molar-refractivity contribution in [2.75, 3.05) is 39.8 Å². The van der Waals surface area contributed by atoms with Crippen molar-refractivity contribution in [2.24, 2.45) is 0 Å². The second kappa shape index (κ2) is 8.69. The summed E-state index contributed by atoms with van der Waals surface area (Å²) in [4.78, 5) is 29.3. The largest absolute Gasteiger partial charge is 0.444 e. The van der Waals surface area contributed by atoms with Crippen molar-refractivity contribution in [3.05, 3.63) is 35.6 Å². The second-order valence-corrected chi connectivity index (χ2v) is 7.94. The van der Waals surface area contributed by atoms with E-state index < -0.39 is 5.60 Å². The van der Waals surface area contributed by atoms with E-state index in [9.17, 15) is 14.0 Å². The summed E-state index contributed by atoms with van der Waals surface area (Å²) in [5.41, 5.74) is 0.0324. The summed E-state index contributed by atoms with van der Waals surface area (Å²) in [6.07, 6.45) is -0.328. The first-order chi connectivity index (χ1) is 12.6. The van der Waals surface area contributed by atoms with Crippen LogP contribution in [0.3, 0.4) is 0 Å². The lowest BCUT2D eigenvalue weighted by Crippen LogP contribution is -2.52. The van der Waals surface area contributed by atoms with Crippen molar-refractivity contribution in [3.8, 4) is 0 Å². The number of rotatable bonds is 4. The average molecular weight is 379 g/mol. The van der Waals surface area contributed by atoms with Gasteiger partial charge in [-0.3, -0.25) is 9.69 Å². The SMILES string of the molecule is CC(=O)N(C)CC(c1ccccc1F)N1CCN(C(=O)OC(C)(C)C)CC1. The molecule has 2 rings (SSSR count). The number of amides is 2. The fourth-order valence-electron chi connectivity index (χ4n) is 3.09. The summed E-state index contributed by atoms with van der Waals surface area (Å²) in [7, 11) is 1.72. The molecule has 0 spiro atoms. The lowest BCUT2D eigenvalue weighted by atomic mass is 10.0. The third-order valence-corrected chi connectivity index (χ3v) is 4.66. The Kier molecular flexibility index (Phi) is 6.81. The van der Waals surface area contributed by atoms with E-state index in [2.05, 4.69) is 4.90 Å². The maximum atomic E-state index is 14.4. The Bertz CT molecular complexity index is 667. The zero-order valence-corrected chi connectivity index (χ0v) is 16.9. The fraction of sp³-hybridized carbons (Fsp3) is 0.600. The van der Waals surface area contributed by atoms with Crippen LogP contribution in [-0.4, -0.2) is 72.1 Å². The first-order valence-electron chi connectivity index (χ1n) is 9.26. The highest BCUT2D eigenvalue weighted by Crippen LogP contribution is 2.26. The average Bonchev–Trinajstić information content (AvgIpc) is 2.59. The summed E-state index contributed by atoms with van der Waals surface area (Å²) < 4.78 is 19.9. The highest BCUT2D eigenvalue weighted by Gasteiger charge is 2.31. The zero-order valence-electron chi connectivity index (χ0n) is 16.9. The number of likely N-dealkylation sites (N-methyl/N-ethyl adjacent to an activating group) is 1. The second-order valence-electron chi connectivity index (χ2n) is 7.94. The van der Waals surface area contributed by atoms with Crippen LogP contribution in [0.2, 0.25) is 0 Å². The summed E-state index contributed by atoms with van der Waals surface area (Å²) >= 11 is 0. The van der Waals surface area contributed by atoms with Crippen LogP contribution in [-0.2, 0) is 9.53 Å². The van der Waals surface area contributed by atoms with Gasteiger partial charge < -0.3 is 14.5 Å². The van der Waals surface area contributed by atoms with Crippen molar-refractivity contribution in [1.82, 2.24) is 14.7 Å². The highest BCUT2D eigenvalue weighted by molar-refractivity contribution is 5.72. The number of benzene rings is 1. The zero-order chi connectivity index (χ0) is 20.2. The molecule has 27 heavy (non-hydrogen) atoms. The molecule has 1 atom stereocenters. The third kappa shape index (κ3) is 5.92. The lowest BCUT2D eigenvalue weighted by molar-refractivity contribution is -0.128. The number of ether oxygens (including phenoxy) is 1. The van der Waals surface area contributed by atoms with E-state index >= 15 is 0 Å². The quantitative estimate of drug-likeness (QED) is 0.807. The number of nitrogens with zero attached hydrogens (tertiary/aromatic N) is 3. The molecule has 0 aliphatic carbocycles. The van der Waals surface area contributed by atoms with Crippen molar-refractivity contribution in [3.63, 3.8) is 0 Å². The number of carbonyl (C=O) groups excluding carboxylic acids is 2. The molecule has 6 nitrogen and oxygen atoms in total. The van der Waals surface area contributed by atoms with Crippen LogP contribution >= 0.6 is 0 Å². The molecule has 0 radical (unpaired) electrons. The summed E-state index contributed by atoms with van der Waals surface area (Å²) in [6, 6.07) is 6.39. The van der Waals surface area contributed by atoms with Gasteiger partial charge >= 0.3 is 6.09 Å². The molecule has 0 aromatic heterocycles. The Balaban J connectivity index is 2.10. The van der Waals surface area contributed by atoms with Crippen molar-refractivity contribution >= 4 is 12.0 Å². The van der Waals surface area contributed by atoms with Crippen LogP contribution in [0.1, 0.15) is 39.3 Å². The first kappa shape index (κ1) is 21.2. The molecule has 1 heterocycles. The molecular formula is C20H30FN3O3. The van der Waals surface area contributed by atoms with E-state index in [0.717, 1.165) is 0 Å². The third-order valence-electron chi connectivity index (χ3n) is 4.66. The molecule has 7 heteroatoms. The van der Waals surface area contributed by atoms with Gasteiger partial charge in [-0.25, -0.2) is 9.18 Å². The maximum absolute atomic E-state index is 14.4. The van der Waals surface area contributed by atoms with Gasteiger partial charge in [-0.2, -0.15) is 0 Å². The number of hydrogen-bond donors (Lipinski definition) is 0.